The van der Waals surface area contributed by atoms with Crippen molar-refractivity contribution in [3.63, 3.8) is 0 Å². The second-order valence-corrected chi connectivity index (χ2v) is 43.8. The summed E-state index contributed by atoms with van der Waals surface area (Å²) >= 11 is 35.6. The quantitative estimate of drug-likeness (QED) is 0.0868. The molecule has 27 nitrogen and oxygen atoms in total. The van der Waals surface area contributed by atoms with E-state index in [-0.39, 0.29) is 107 Å². The van der Waals surface area contributed by atoms with Crippen LogP contribution >= 0.6 is 181 Å². The molecule has 0 unspecified atom stereocenters. The molecule has 0 aromatic carbocycles. The van der Waals surface area contributed by atoms with Crippen LogP contribution in [0.2, 0.25) is 0 Å². The van der Waals surface area contributed by atoms with Crippen molar-refractivity contribution in [2.24, 2.45) is 11.1 Å². The summed E-state index contributed by atoms with van der Waals surface area (Å²) in [5, 5.41) is 17.3. The number of pyridine rings is 4. The van der Waals surface area contributed by atoms with Crippen LogP contribution in [0.3, 0.4) is 0 Å². The molecule has 4 fully saturated rings. The van der Waals surface area contributed by atoms with Crippen molar-refractivity contribution in [3.05, 3.63) is 114 Å². The number of halogens is 12. The predicted molar refractivity (Wildman–Crippen MR) is 514 cm³/mol. The van der Waals surface area contributed by atoms with E-state index in [4.69, 9.17) is 25.0 Å². The van der Waals surface area contributed by atoms with Crippen LogP contribution in [-0.4, -0.2) is 209 Å². The second-order valence-electron chi connectivity index (χ2n) is 28.2. The average molecular weight is 2310 g/mol. The summed E-state index contributed by atoms with van der Waals surface area (Å²) in [4.78, 5) is 53.2. The molecule has 5 aromatic heterocycles. The number of hydrogen-bond donors (Lipinski definition) is 4. The summed E-state index contributed by atoms with van der Waals surface area (Å²) in [5.74, 6) is 0. The number of nitrogens with zero attached hydrogens (tertiary/aromatic N) is 11. The van der Waals surface area contributed by atoms with Gasteiger partial charge in [0.15, 0.2) is 5.69 Å². The molecule has 672 valence electrons. The maximum Gasteiger partial charge on any atom is 0.575 e. The summed E-state index contributed by atoms with van der Waals surface area (Å²) in [5.41, 5.74) is 6.66. The molecule has 5 N–H and O–H groups in total. The summed E-state index contributed by atoms with van der Waals surface area (Å²) in [6.45, 7) is 32.6. The van der Waals surface area contributed by atoms with E-state index < -0.39 is 59.4 Å². The number of likely N-dealkylation sites (tertiary alicyclic amines) is 1. The molecule has 4 aliphatic heterocycles. The van der Waals surface area contributed by atoms with Crippen LogP contribution in [0, 0.1) is 16.7 Å². The van der Waals surface area contributed by atoms with Crippen molar-refractivity contribution >= 4 is 235 Å². The van der Waals surface area contributed by atoms with E-state index in [1.807, 2.05) is 129 Å². The Morgan fingerprint density at radius 3 is 1.30 bits per heavy atom. The fraction of sp³-hybridized carbons (Fsp3) is 0.639. The molecule has 0 atom stereocenters. The minimum Gasteiger partial charge on any atom is -0.444 e. The van der Waals surface area contributed by atoms with Gasteiger partial charge in [-0.15, -0.1) is 24.8 Å². The van der Waals surface area contributed by atoms with Gasteiger partial charge in [0.05, 0.1) is 59.2 Å². The van der Waals surface area contributed by atoms with Gasteiger partial charge in [-0.2, -0.15) is 18.2 Å². The molecule has 5 aromatic rings. The third-order valence-electron chi connectivity index (χ3n) is 14.3. The Kier molecular flexibility index (Phi) is 70.8. The van der Waals surface area contributed by atoms with E-state index in [9.17, 15) is 39.6 Å². The first-order chi connectivity index (χ1) is 47.9. The molecule has 4 saturated heterocycles. The zero-order valence-electron chi connectivity index (χ0n) is 62.6. The monoisotopic (exact) mass is 2300 g/mol. The molecular formula is C72H131Br8Cl4N15O12PS3+. The van der Waals surface area contributed by atoms with Gasteiger partial charge < -0.3 is 45.4 Å². The van der Waals surface area contributed by atoms with Gasteiger partial charge in [0.25, 0.3) is 0 Å². The molecule has 0 bridgehead atoms. The molecule has 0 aliphatic carbocycles. The molecule has 4 aliphatic rings. The molecule has 115 heavy (non-hydrogen) atoms. The molecular weight excluding hydrogens is 2180 g/mol. The molecule has 9 heterocycles. The Morgan fingerprint density at radius 1 is 0.591 bits per heavy atom. The van der Waals surface area contributed by atoms with E-state index in [0.29, 0.717) is 62.4 Å². The van der Waals surface area contributed by atoms with E-state index in [1.54, 1.807) is 44.5 Å². The van der Waals surface area contributed by atoms with Crippen LogP contribution in [0.15, 0.2) is 97.4 Å². The Bertz CT molecular complexity index is 4020. The number of aromatic nitrogens is 5. The Hall–Kier alpha value is -1.65. The zero-order valence-corrected chi connectivity index (χ0v) is 81.8. The normalized spacial score (nSPS) is 15.5. The summed E-state index contributed by atoms with van der Waals surface area (Å²) in [6, 6.07) is 9.53. The van der Waals surface area contributed by atoms with E-state index in [2.05, 4.69) is 200 Å². The first-order valence-corrected chi connectivity index (χ1v) is 46.9. The largest absolute Gasteiger partial charge is 0.575 e. The van der Waals surface area contributed by atoms with Crippen LogP contribution in [-0.2, 0) is 62.0 Å². The number of fused-ring (bicyclic) bond motifs is 1. The van der Waals surface area contributed by atoms with E-state index in [0.717, 1.165) is 93.9 Å². The highest BCUT2D eigenvalue weighted by Crippen LogP contribution is 2.32. The maximum absolute atomic E-state index is 12.0. The van der Waals surface area contributed by atoms with Crippen molar-refractivity contribution in [1.82, 2.24) is 63.0 Å². The third-order valence-corrected chi connectivity index (χ3v) is 23.1. The molecule has 43 heteroatoms. The Morgan fingerprint density at radius 2 is 0.965 bits per heavy atom. The lowest BCUT2D eigenvalue weighted by Gasteiger charge is -2.45. The van der Waals surface area contributed by atoms with Gasteiger partial charge in [0.1, 0.15) is 17.3 Å². The molecule has 3 amide bonds. The van der Waals surface area contributed by atoms with Gasteiger partial charge >= 0.3 is 18.7 Å². The number of nitriles is 1. The Balaban J connectivity index is -0.000000135. The van der Waals surface area contributed by atoms with Crippen molar-refractivity contribution in [1.29, 1.82) is 5.26 Å². The number of ether oxygens (including phenoxy) is 2. The number of nitrogens with two attached hydrogens (primary N) is 1. The van der Waals surface area contributed by atoms with Crippen LogP contribution in [0.5, 0.6) is 0 Å². The lowest BCUT2D eigenvalue weighted by Crippen LogP contribution is -2.62. The highest BCUT2D eigenvalue weighted by atomic mass is 79.9. The van der Waals surface area contributed by atoms with Crippen LogP contribution in [0.25, 0.3) is 5.52 Å². The molecule has 0 spiro atoms. The van der Waals surface area contributed by atoms with Crippen molar-refractivity contribution in [3.8, 4) is 6.07 Å². The number of sulfonamides is 3. The summed E-state index contributed by atoms with van der Waals surface area (Å²) in [7, 11) is -9.34. The molecule has 0 saturated carbocycles. The number of piperidine rings is 1. The van der Waals surface area contributed by atoms with Gasteiger partial charge in [-0.25, -0.2) is 44.8 Å². The lowest BCUT2D eigenvalue weighted by molar-refractivity contribution is -0.109. The third kappa shape index (κ3) is 53.9. The van der Waals surface area contributed by atoms with Crippen molar-refractivity contribution in [2.45, 2.75) is 210 Å². The highest BCUT2D eigenvalue weighted by Gasteiger charge is 2.42. The second kappa shape index (κ2) is 60.8. The minimum absolute atomic E-state index is 0. The fourth-order valence-corrected chi connectivity index (χ4v) is 18.9. The van der Waals surface area contributed by atoms with Gasteiger partial charge in [-0.1, -0.05) is 73.3 Å². The molecule has 0 radical (unpaired) electrons. The first-order valence-electron chi connectivity index (χ1n) is 32.0. The summed E-state index contributed by atoms with van der Waals surface area (Å²) < 4.78 is 102. The Labute approximate surface area is 781 Å². The van der Waals surface area contributed by atoms with Gasteiger partial charge in [0, 0.05) is 151 Å². The number of carbonyl (C=O) groups is 3. The number of imidazole rings is 1. The van der Waals surface area contributed by atoms with Crippen molar-refractivity contribution in [2.75, 3.05) is 90.8 Å². The van der Waals surface area contributed by atoms with Crippen LogP contribution < -0.4 is 21.7 Å². The first kappa shape index (κ1) is 134. The smallest absolute Gasteiger partial charge is 0.444 e. The standard InChI is InChI=1S/C12H24N2O4S.C12H23NO2.C7H6Br2N2O.C7H4Br2N2.2C7H16N2O2S.C6H6Br2N2.C6H2Br2N2.8CH4.Cl2OP.2ClH/c1-11(2,3)18-10(15)13-7-8-14(19(6,16)17)12(4,5)9-13;1-11(2,3)15-10(14)13-8-6-7-12(4,5)9-13;8-5-1-6(9)7(11-2-5)3-10-4-12;8-5-1-6(9)7-2-10-4-11(7)3-5;2*1-7(2)6-8-4-5-9(7)12(3,10)11;2*7-4-1-5(8)6(2-9)10-3-4;;;;;;;;;1-4(2)3;;/h7-9H2,1-6H3;6-9H2,1-5H3;1-2,4H,3H2,(H,10,12);1-4H;2*8H,4-6H2,1-3H3;1,3H,2,9H2;1,3H;8*1H4;;2*1H/q;;;;;;;;;;;;;;;;+1;;. The van der Waals surface area contributed by atoms with Crippen molar-refractivity contribution < 1.29 is 53.7 Å². The number of rotatable bonds is 7. The number of piperazine rings is 3. The number of carbonyl (C=O) groups excluding carboxylic acids is 3. The van der Waals surface area contributed by atoms with E-state index >= 15 is 0 Å². The zero-order chi connectivity index (χ0) is 81.1. The number of hydrogen-bond acceptors (Lipinski definition) is 20. The lowest BCUT2D eigenvalue weighted by atomic mass is 9.84. The number of amides is 3. The van der Waals surface area contributed by atoms with Gasteiger partial charge in [-0.3, -0.25) is 14.8 Å². The minimum atomic E-state index is -3.26. The van der Waals surface area contributed by atoms with Gasteiger partial charge in [-0.05, 0) is 258 Å². The maximum atomic E-state index is 12.0. The van der Waals surface area contributed by atoms with E-state index in [1.165, 1.54) is 29.5 Å². The molecule has 9 rings (SSSR count). The average Bonchev–Trinajstić information content (AvgIpc) is 1.23. The number of nitrogens with one attached hydrogen (secondary N) is 3. The highest BCUT2D eigenvalue weighted by molar-refractivity contribution is 9.12. The SMILES string of the molecule is Brc1cc(Br)c2cncn2c1.C.C.C.C.C.C.C.C.CC(C)(C)OC(=O)N1CCN(S(C)(=O)=O)C(C)(C)C1.CC1(C)CCCN(C(=O)OC(C)(C)C)C1.CC1(C)CNCCN1S(C)(=O)=O.CC1(C)CNCCN1S(C)(=O)=O.Cl.Cl.N#Cc1ncc(Br)cc1Br.NCc1ncc(Br)cc1Br.O=CNCc1ncc(Br)cc1Br.O=[P+](Cl)Cl. The van der Waals surface area contributed by atoms with Crippen LogP contribution in [0.1, 0.15) is 186 Å². The fourth-order valence-electron chi connectivity index (χ4n) is 10.1. The van der Waals surface area contributed by atoms with Crippen LogP contribution in [0.4, 0.5) is 9.59 Å². The topological polar surface area (TPSA) is 347 Å². The predicted octanol–water partition coefficient (Wildman–Crippen LogP) is 20.9. The summed E-state index contributed by atoms with van der Waals surface area (Å²) in [6.07, 6.45) is 16.6. The van der Waals surface area contributed by atoms with Gasteiger partial charge in [0.2, 0.25) is 59.0 Å².